The van der Waals surface area contributed by atoms with E-state index in [1.807, 2.05) is 12.1 Å². The minimum absolute atomic E-state index is 0.00642. The lowest BCUT2D eigenvalue weighted by Crippen LogP contribution is -2.23. The quantitative estimate of drug-likeness (QED) is 0.731. The molecule has 0 unspecified atom stereocenters. The number of aliphatic hydroxyl groups is 1. The SMILES string of the molecule is O=C(CCl)NCc1ccc(OCCO)cc1. The number of rotatable bonds is 6. The molecule has 0 aliphatic heterocycles. The number of alkyl halides is 1. The van der Waals surface area contributed by atoms with Crippen LogP contribution in [0.5, 0.6) is 5.75 Å². The standard InChI is InChI=1S/C11H14ClNO3/c12-7-11(15)13-8-9-1-3-10(4-2-9)16-6-5-14/h1-4,14H,5-8H2,(H,13,15). The van der Waals surface area contributed by atoms with Gasteiger partial charge in [-0.3, -0.25) is 4.79 Å². The van der Waals surface area contributed by atoms with Crippen molar-refractivity contribution in [3.8, 4) is 5.75 Å². The van der Waals surface area contributed by atoms with Crippen LogP contribution in [-0.4, -0.2) is 30.1 Å². The number of nitrogens with one attached hydrogen (secondary N) is 1. The summed E-state index contributed by atoms with van der Waals surface area (Å²) in [6.07, 6.45) is 0. The molecular weight excluding hydrogens is 230 g/mol. The summed E-state index contributed by atoms with van der Waals surface area (Å²) in [5.41, 5.74) is 0.967. The molecule has 0 bridgehead atoms. The van der Waals surface area contributed by atoms with E-state index in [9.17, 15) is 4.79 Å². The van der Waals surface area contributed by atoms with Crippen molar-refractivity contribution in [2.24, 2.45) is 0 Å². The van der Waals surface area contributed by atoms with E-state index in [2.05, 4.69) is 5.32 Å². The van der Waals surface area contributed by atoms with Gasteiger partial charge in [0, 0.05) is 6.54 Å². The van der Waals surface area contributed by atoms with E-state index in [-0.39, 0.29) is 25.0 Å². The maximum atomic E-state index is 10.9. The topological polar surface area (TPSA) is 58.6 Å². The van der Waals surface area contributed by atoms with Gasteiger partial charge in [-0.05, 0) is 17.7 Å². The van der Waals surface area contributed by atoms with Crippen LogP contribution in [0.15, 0.2) is 24.3 Å². The van der Waals surface area contributed by atoms with E-state index < -0.39 is 0 Å². The number of carbonyl (C=O) groups is 1. The van der Waals surface area contributed by atoms with Crippen molar-refractivity contribution in [3.63, 3.8) is 0 Å². The molecule has 4 nitrogen and oxygen atoms in total. The molecule has 88 valence electrons. The number of aliphatic hydroxyl groups excluding tert-OH is 1. The highest BCUT2D eigenvalue weighted by molar-refractivity contribution is 6.27. The number of benzene rings is 1. The molecule has 0 aliphatic rings. The van der Waals surface area contributed by atoms with Gasteiger partial charge in [0.1, 0.15) is 18.2 Å². The van der Waals surface area contributed by atoms with E-state index in [1.165, 1.54) is 0 Å². The summed E-state index contributed by atoms with van der Waals surface area (Å²) >= 11 is 5.34. The molecule has 0 spiro atoms. The zero-order chi connectivity index (χ0) is 11.8. The first-order chi connectivity index (χ1) is 7.76. The third-order valence-corrected chi connectivity index (χ3v) is 2.14. The third-order valence-electron chi connectivity index (χ3n) is 1.89. The highest BCUT2D eigenvalue weighted by Gasteiger charge is 1.99. The van der Waals surface area contributed by atoms with Gasteiger partial charge in [-0.25, -0.2) is 0 Å². The Morgan fingerprint density at radius 2 is 2.06 bits per heavy atom. The van der Waals surface area contributed by atoms with Crippen LogP contribution >= 0.6 is 11.6 Å². The molecular formula is C11H14ClNO3. The summed E-state index contributed by atoms with van der Waals surface area (Å²) < 4.78 is 5.20. The van der Waals surface area contributed by atoms with Crippen molar-refractivity contribution in [1.82, 2.24) is 5.32 Å². The highest BCUT2D eigenvalue weighted by Crippen LogP contribution is 2.11. The monoisotopic (exact) mass is 243 g/mol. The fraction of sp³-hybridized carbons (Fsp3) is 0.364. The summed E-state index contributed by atoms with van der Waals surface area (Å²) in [5, 5.41) is 11.2. The minimum atomic E-state index is -0.192. The summed E-state index contributed by atoms with van der Waals surface area (Å²) in [6.45, 7) is 0.724. The van der Waals surface area contributed by atoms with Crippen molar-refractivity contribution in [3.05, 3.63) is 29.8 Å². The molecule has 16 heavy (non-hydrogen) atoms. The number of hydrogen-bond acceptors (Lipinski definition) is 3. The van der Waals surface area contributed by atoms with Gasteiger partial charge < -0.3 is 15.2 Å². The number of halogens is 1. The van der Waals surface area contributed by atoms with Crippen LogP contribution in [0.3, 0.4) is 0 Å². The normalized spacial score (nSPS) is 9.88. The van der Waals surface area contributed by atoms with Crippen molar-refractivity contribution < 1.29 is 14.6 Å². The summed E-state index contributed by atoms with van der Waals surface area (Å²) in [5.74, 6) is 0.473. The first-order valence-corrected chi connectivity index (χ1v) is 5.45. The second kappa shape index (κ2) is 7.09. The fourth-order valence-electron chi connectivity index (χ4n) is 1.11. The second-order valence-corrected chi connectivity index (χ2v) is 3.39. The van der Waals surface area contributed by atoms with E-state index >= 15 is 0 Å². The first-order valence-electron chi connectivity index (χ1n) is 4.91. The van der Waals surface area contributed by atoms with Crippen molar-refractivity contribution >= 4 is 17.5 Å². The van der Waals surface area contributed by atoms with Gasteiger partial charge in [-0.1, -0.05) is 12.1 Å². The number of hydrogen-bond donors (Lipinski definition) is 2. The molecule has 0 saturated carbocycles. The lowest BCUT2D eigenvalue weighted by molar-refractivity contribution is -0.118. The Morgan fingerprint density at radius 3 is 2.62 bits per heavy atom. The van der Waals surface area contributed by atoms with Crippen LogP contribution < -0.4 is 10.1 Å². The van der Waals surface area contributed by atoms with Crippen molar-refractivity contribution in [2.45, 2.75) is 6.54 Å². The molecule has 0 radical (unpaired) electrons. The zero-order valence-electron chi connectivity index (χ0n) is 8.78. The van der Waals surface area contributed by atoms with Crippen molar-refractivity contribution in [1.29, 1.82) is 0 Å². The van der Waals surface area contributed by atoms with E-state index in [4.69, 9.17) is 21.4 Å². The molecule has 0 aromatic heterocycles. The van der Waals surface area contributed by atoms with Gasteiger partial charge in [0.15, 0.2) is 0 Å². The predicted octanol–water partition coefficient (Wildman–Crippen LogP) is 0.913. The largest absolute Gasteiger partial charge is 0.491 e. The van der Waals surface area contributed by atoms with Gasteiger partial charge in [0.25, 0.3) is 0 Å². The zero-order valence-corrected chi connectivity index (χ0v) is 9.54. The van der Waals surface area contributed by atoms with Crippen LogP contribution in [0.1, 0.15) is 5.56 Å². The van der Waals surface area contributed by atoms with E-state index in [0.717, 1.165) is 5.56 Å². The molecule has 1 rings (SSSR count). The minimum Gasteiger partial charge on any atom is -0.491 e. The van der Waals surface area contributed by atoms with Crippen molar-refractivity contribution in [2.75, 3.05) is 19.1 Å². The van der Waals surface area contributed by atoms with Crippen LogP contribution in [0.2, 0.25) is 0 Å². The number of amides is 1. The number of carbonyl (C=O) groups excluding carboxylic acids is 1. The Bertz CT molecular complexity index is 327. The Kier molecular flexibility index (Phi) is 5.67. The van der Waals surface area contributed by atoms with Crippen LogP contribution in [-0.2, 0) is 11.3 Å². The lowest BCUT2D eigenvalue weighted by atomic mass is 10.2. The molecule has 1 amide bonds. The Morgan fingerprint density at radius 1 is 1.38 bits per heavy atom. The maximum absolute atomic E-state index is 10.9. The molecule has 0 fully saturated rings. The van der Waals surface area contributed by atoms with Crippen LogP contribution in [0, 0.1) is 0 Å². The van der Waals surface area contributed by atoms with Gasteiger partial charge >= 0.3 is 0 Å². The fourth-order valence-corrected chi connectivity index (χ4v) is 1.21. The van der Waals surface area contributed by atoms with Crippen LogP contribution in [0.4, 0.5) is 0 Å². The van der Waals surface area contributed by atoms with E-state index in [1.54, 1.807) is 12.1 Å². The summed E-state index contributed by atoms with van der Waals surface area (Å²) in [6, 6.07) is 7.28. The molecule has 0 heterocycles. The van der Waals surface area contributed by atoms with Gasteiger partial charge in [0.05, 0.1) is 6.61 Å². The Labute approximate surface area is 99.2 Å². The van der Waals surface area contributed by atoms with Gasteiger partial charge in [0.2, 0.25) is 5.91 Å². The van der Waals surface area contributed by atoms with E-state index in [0.29, 0.717) is 12.3 Å². The molecule has 0 saturated heterocycles. The predicted molar refractivity (Wildman–Crippen MR) is 61.6 cm³/mol. The average Bonchev–Trinajstić information content (AvgIpc) is 2.34. The van der Waals surface area contributed by atoms with Crippen LogP contribution in [0.25, 0.3) is 0 Å². The first kappa shape index (κ1) is 12.8. The van der Waals surface area contributed by atoms with Gasteiger partial charge in [-0.15, -0.1) is 11.6 Å². The molecule has 1 aromatic carbocycles. The summed E-state index contributed by atoms with van der Waals surface area (Å²) in [4.78, 5) is 10.9. The molecule has 0 atom stereocenters. The van der Waals surface area contributed by atoms with Gasteiger partial charge in [-0.2, -0.15) is 0 Å². The Balaban J connectivity index is 2.41. The second-order valence-electron chi connectivity index (χ2n) is 3.13. The number of ether oxygens (including phenoxy) is 1. The maximum Gasteiger partial charge on any atom is 0.235 e. The average molecular weight is 244 g/mol. The molecule has 0 aliphatic carbocycles. The molecule has 1 aromatic rings. The smallest absolute Gasteiger partial charge is 0.235 e. The third kappa shape index (κ3) is 4.51. The molecule has 5 heteroatoms. The highest BCUT2D eigenvalue weighted by atomic mass is 35.5. The summed E-state index contributed by atoms with van der Waals surface area (Å²) in [7, 11) is 0. The lowest BCUT2D eigenvalue weighted by Gasteiger charge is -2.06. The molecule has 2 N–H and O–H groups in total. The Hall–Kier alpha value is -1.26.